The van der Waals surface area contributed by atoms with Crippen LogP contribution in [0.1, 0.15) is 45.4 Å². The summed E-state index contributed by atoms with van der Waals surface area (Å²) in [6.45, 7) is 10.1. The third-order valence-electron chi connectivity index (χ3n) is 4.93. The second kappa shape index (κ2) is 8.98. The zero-order valence-corrected chi connectivity index (χ0v) is 13.2. The summed E-state index contributed by atoms with van der Waals surface area (Å²) in [4.78, 5) is 5.32. The molecule has 0 aromatic carbocycles. The molecule has 2 aliphatic rings. The lowest BCUT2D eigenvalue weighted by Crippen LogP contribution is -2.43. The van der Waals surface area contributed by atoms with Gasteiger partial charge in [-0.1, -0.05) is 6.92 Å². The lowest BCUT2D eigenvalue weighted by atomic mass is 10.0. The van der Waals surface area contributed by atoms with Gasteiger partial charge in [0.1, 0.15) is 0 Å². The Hall–Kier alpha value is -0.160. The van der Waals surface area contributed by atoms with Gasteiger partial charge < -0.3 is 20.3 Å². The van der Waals surface area contributed by atoms with Crippen LogP contribution in [0.5, 0.6) is 0 Å². The van der Waals surface area contributed by atoms with Crippen LogP contribution in [0.4, 0.5) is 0 Å². The topological polar surface area (TPSA) is 41.7 Å². The zero-order valence-electron chi connectivity index (χ0n) is 13.2. The van der Waals surface area contributed by atoms with Gasteiger partial charge in [-0.3, -0.25) is 0 Å². The number of piperidine rings is 1. The number of nitrogens with zero attached hydrogens (tertiary/aromatic N) is 2. The van der Waals surface area contributed by atoms with Crippen molar-refractivity contribution >= 4 is 0 Å². The Morgan fingerprint density at radius 2 is 1.85 bits per heavy atom. The van der Waals surface area contributed by atoms with E-state index in [4.69, 9.17) is 10.5 Å². The Bertz CT molecular complexity index is 254. The normalized spacial score (nSPS) is 27.6. The second-order valence-electron chi connectivity index (χ2n) is 6.27. The highest BCUT2D eigenvalue weighted by atomic mass is 16.5. The molecular formula is C16H33N3O. The summed E-state index contributed by atoms with van der Waals surface area (Å²) in [5.41, 5.74) is 5.51. The van der Waals surface area contributed by atoms with Crippen LogP contribution < -0.4 is 5.73 Å². The lowest BCUT2D eigenvalue weighted by Gasteiger charge is -2.37. The minimum absolute atomic E-state index is 0.482. The molecule has 1 unspecified atom stereocenters. The van der Waals surface area contributed by atoms with E-state index in [0.717, 1.165) is 25.6 Å². The van der Waals surface area contributed by atoms with Crippen molar-refractivity contribution in [3.63, 3.8) is 0 Å². The molecule has 2 rings (SSSR count). The molecule has 2 aliphatic heterocycles. The third kappa shape index (κ3) is 4.99. The van der Waals surface area contributed by atoms with Gasteiger partial charge in [0.2, 0.25) is 0 Å². The first-order chi connectivity index (χ1) is 9.83. The summed E-state index contributed by atoms with van der Waals surface area (Å²) in [6.07, 6.45) is 8.00. The molecule has 118 valence electrons. The first kappa shape index (κ1) is 16.2. The van der Waals surface area contributed by atoms with Gasteiger partial charge in [-0.15, -0.1) is 0 Å². The van der Waals surface area contributed by atoms with E-state index in [0.29, 0.717) is 6.10 Å². The molecule has 0 spiro atoms. The van der Waals surface area contributed by atoms with Crippen molar-refractivity contribution < 1.29 is 4.74 Å². The monoisotopic (exact) mass is 283 g/mol. The summed E-state index contributed by atoms with van der Waals surface area (Å²) in [6, 6.07) is 0.816. The van der Waals surface area contributed by atoms with Crippen molar-refractivity contribution in [2.24, 2.45) is 5.73 Å². The van der Waals surface area contributed by atoms with Gasteiger partial charge in [-0.25, -0.2) is 0 Å². The fourth-order valence-corrected chi connectivity index (χ4v) is 3.56. The molecule has 0 aromatic rings. The molecule has 0 aliphatic carbocycles. The van der Waals surface area contributed by atoms with Crippen LogP contribution in [0.2, 0.25) is 0 Å². The Morgan fingerprint density at radius 3 is 2.55 bits per heavy atom. The number of ether oxygens (including phenoxy) is 1. The van der Waals surface area contributed by atoms with Crippen LogP contribution in [0, 0.1) is 0 Å². The molecule has 0 saturated carbocycles. The molecule has 2 N–H and O–H groups in total. The SMILES string of the molecule is CCN1CCCC(N2CCC(OCCCN)CC2)CC1. The van der Waals surface area contributed by atoms with Crippen molar-refractivity contribution in [1.82, 2.24) is 9.80 Å². The molecule has 1 atom stereocenters. The second-order valence-corrected chi connectivity index (χ2v) is 6.27. The first-order valence-corrected chi connectivity index (χ1v) is 8.61. The van der Waals surface area contributed by atoms with E-state index in [1.54, 1.807) is 0 Å². The summed E-state index contributed by atoms with van der Waals surface area (Å²) >= 11 is 0. The Kier molecular flexibility index (Phi) is 7.28. The molecule has 0 radical (unpaired) electrons. The van der Waals surface area contributed by atoms with Gasteiger partial charge in [0, 0.05) is 25.7 Å². The molecular weight excluding hydrogens is 250 g/mol. The van der Waals surface area contributed by atoms with Crippen molar-refractivity contribution in [3.05, 3.63) is 0 Å². The molecule has 2 saturated heterocycles. The fraction of sp³-hybridized carbons (Fsp3) is 1.00. The standard InChI is InChI=1S/C16H33N3O/c1-2-18-10-3-5-15(6-11-18)19-12-7-16(8-13-19)20-14-4-9-17/h15-16H,2-14,17H2,1H3. The van der Waals surface area contributed by atoms with Crippen LogP contribution in [-0.4, -0.2) is 67.8 Å². The minimum Gasteiger partial charge on any atom is -0.378 e. The van der Waals surface area contributed by atoms with Crippen LogP contribution in [0.25, 0.3) is 0 Å². The van der Waals surface area contributed by atoms with E-state index in [9.17, 15) is 0 Å². The first-order valence-electron chi connectivity index (χ1n) is 8.61. The summed E-state index contributed by atoms with van der Waals surface area (Å²) in [7, 11) is 0. The van der Waals surface area contributed by atoms with Crippen LogP contribution in [0.15, 0.2) is 0 Å². The molecule has 4 heteroatoms. The summed E-state index contributed by atoms with van der Waals surface area (Å²) in [5, 5.41) is 0. The number of hydrogen-bond donors (Lipinski definition) is 1. The van der Waals surface area contributed by atoms with Gasteiger partial charge >= 0.3 is 0 Å². The van der Waals surface area contributed by atoms with Gasteiger partial charge in [0.25, 0.3) is 0 Å². The highest BCUT2D eigenvalue weighted by Crippen LogP contribution is 2.22. The lowest BCUT2D eigenvalue weighted by molar-refractivity contribution is -0.00364. The van der Waals surface area contributed by atoms with E-state index in [1.807, 2.05) is 0 Å². The summed E-state index contributed by atoms with van der Waals surface area (Å²) < 4.78 is 5.90. The number of rotatable bonds is 6. The fourth-order valence-electron chi connectivity index (χ4n) is 3.56. The van der Waals surface area contributed by atoms with Crippen LogP contribution in [0.3, 0.4) is 0 Å². The van der Waals surface area contributed by atoms with Crippen LogP contribution >= 0.6 is 0 Å². The Balaban J connectivity index is 1.68. The molecule has 0 aromatic heterocycles. The van der Waals surface area contributed by atoms with E-state index in [1.165, 1.54) is 64.8 Å². The van der Waals surface area contributed by atoms with E-state index >= 15 is 0 Å². The van der Waals surface area contributed by atoms with E-state index < -0.39 is 0 Å². The molecule has 2 fully saturated rings. The highest BCUT2D eigenvalue weighted by molar-refractivity contribution is 4.82. The third-order valence-corrected chi connectivity index (χ3v) is 4.93. The molecule has 0 bridgehead atoms. The smallest absolute Gasteiger partial charge is 0.0599 e. The van der Waals surface area contributed by atoms with Crippen molar-refractivity contribution in [1.29, 1.82) is 0 Å². The minimum atomic E-state index is 0.482. The zero-order chi connectivity index (χ0) is 14.2. The molecule has 2 heterocycles. The molecule has 0 amide bonds. The van der Waals surface area contributed by atoms with Gasteiger partial charge in [-0.05, 0) is 64.7 Å². The molecule has 4 nitrogen and oxygen atoms in total. The van der Waals surface area contributed by atoms with Gasteiger partial charge in [-0.2, -0.15) is 0 Å². The number of likely N-dealkylation sites (tertiary alicyclic amines) is 2. The molecule has 20 heavy (non-hydrogen) atoms. The van der Waals surface area contributed by atoms with Crippen molar-refractivity contribution in [2.45, 2.75) is 57.6 Å². The van der Waals surface area contributed by atoms with E-state index in [2.05, 4.69) is 16.7 Å². The van der Waals surface area contributed by atoms with Gasteiger partial charge in [0.15, 0.2) is 0 Å². The quantitative estimate of drug-likeness (QED) is 0.753. The number of hydrogen-bond acceptors (Lipinski definition) is 4. The maximum atomic E-state index is 5.90. The van der Waals surface area contributed by atoms with Crippen LogP contribution in [-0.2, 0) is 4.74 Å². The number of nitrogens with two attached hydrogens (primary N) is 1. The predicted octanol–water partition coefficient (Wildman–Crippen LogP) is 1.69. The largest absolute Gasteiger partial charge is 0.378 e. The average molecular weight is 283 g/mol. The summed E-state index contributed by atoms with van der Waals surface area (Å²) in [5.74, 6) is 0. The van der Waals surface area contributed by atoms with Crippen molar-refractivity contribution in [3.8, 4) is 0 Å². The maximum absolute atomic E-state index is 5.90. The van der Waals surface area contributed by atoms with E-state index in [-0.39, 0.29) is 0 Å². The van der Waals surface area contributed by atoms with Gasteiger partial charge in [0.05, 0.1) is 6.10 Å². The Labute approximate surface area is 124 Å². The highest BCUT2D eigenvalue weighted by Gasteiger charge is 2.26. The maximum Gasteiger partial charge on any atom is 0.0599 e. The Morgan fingerprint density at radius 1 is 1.05 bits per heavy atom. The average Bonchev–Trinajstić information content (AvgIpc) is 2.74. The van der Waals surface area contributed by atoms with Crippen molar-refractivity contribution in [2.75, 3.05) is 45.9 Å². The predicted molar refractivity (Wildman–Crippen MR) is 84.0 cm³/mol.